The van der Waals surface area contributed by atoms with Crippen molar-refractivity contribution in [2.75, 3.05) is 46.2 Å². The number of alkyl halides is 1. The molecule has 1 aliphatic heterocycles. The largest absolute Gasteiger partial charge is 0.508 e. The van der Waals surface area contributed by atoms with Crippen molar-refractivity contribution >= 4 is 34.8 Å². The molecule has 2 amide bonds. The molecule has 7 N–H and O–H groups in total. The average Bonchev–Trinajstić information content (AvgIpc) is 2.86. The zero-order valence-corrected chi connectivity index (χ0v) is 22.6. The van der Waals surface area contributed by atoms with Gasteiger partial charge in [-0.1, -0.05) is 0 Å². The molecule has 4 atom stereocenters. The molecule has 3 aliphatic carbocycles. The summed E-state index contributed by atoms with van der Waals surface area (Å²) in [6.07, 6.45) is -1.05. The maximum absolute atomic E-state index is 13.9. The minimum absolute atomic E-state index is 0.0329. The van der Waals surface area contributed by atoms with Crippen molar-refractivity contribution in [1.82, 2.24) is 9.80 Å². The number of amides is 2. The van der Waals surface area contributed by atoms with E-state index < -0.39 is 75.9 Å². The lowest BCUT2D eigenvalue weighted by Gasteiger charge is -2.50. The number of hydrogen-bond donors (Lipinski definition) is 6. The summed E-state index contributed by atoms with van der Waals surface area (Å²) in [7, 11) is 4.38. The minimum atomic E-state index is -2.76. The van der Waals surface area contributed by atoms with Gasteiger partial charge in [0.2, 0.25) is 11.7 Å². The molecule has 1 heterocycles. The third kappa shape index (κ3) is 4.16. The lowest BCUT2D eigenvalue weighted by atomic mass is 9.57. The van der Waals surface area contributed by atoms with Gasteiger partial charge in [-0.3, -0.25) is 29.0 Å². The van der Waals surface area contributed by atoms with Gasteiger partial charge in [0, 0.05) is 36.2 Å². The second-order valence-corrected chi connectivity index (χ2v) is 11.1. The van der Waals surface area contributed by atoms with Crippen LogP contribution in [0.15, 0.2) is 23.0 Å². The molecular weight excluding hydrogens is 543 g/mol. The van der Waals surface area contributed by atoms with Gasteiger partial charge in [0.05, 0.1) is 30.9 Å². The number of rotatable bonds is 6. The van der Waals surface area contributed by atoms with Gasteiger partial charge >= 0.3 is 0 Å². The fourth-order valence-corrected chi connectivity index (χ4v) is 6.58. The van der Waals surface area contributed by atoms with Crippen molar-refractivity contribution < 1.29 is 48.7 Å². The van der Waals surface area contributed by atoms with Gasteiger partial charge in [-0.25, -0.2) is 4.39 Å². The molecule has 1 aromatic rings. The quantitative estimate of drug-likeness (QED) is 0.190. The Morgan fingerprint density at radius 3 is 2.46 bits per heavy atom. The molecule has 0 radical (unpaired) electrons. The lowest BCUT2D eigenvalue weighted by molar-refractivity contribution is -0.153. The predicted molar refractivity (Wildman–Crippen MR) is 141 cm³/mol. The van der Waals surface area contributed by atoms with E-state index in [0.29, 0.717) is 5.56 Å². The third-order valence-corrected chi connectivity index (χ3v) is 8.45. The Morgan fingerprint density at radius 2 is 1.90 bits per heavy atom. The van der Waals surface area contributed by atoms with Gasteiger partial charge in [0.15, 0.2) is 17.1 Å². The number of aliphatic hydroxyl groups is 3. The summed E-state index contributed by atoms with van der Waals surface area (Å²) in [6.45, 7) is 0.0688. The summed E-state index contributed by atoms with van der Waals surface area (Å²) in [5.74, 6) is -8.13. The topological polar surface area (TPSA) is 203 Å². The molecule has 1 aromatic carbocycles. The number of halogens is 1. The van der Waals surface area contributed by atoms with Crippen LogP contribution in [-0.2, 0) is 25.6 Å². The first-order chi connectivity index (χ1) is 19.2. The molecule has 14 heteroatoms. The van der Waals surface area contributed by atoms with E-state index in [-0.39, 0.29) is 55.0 Å². The number of aromatic hydroxyl groups is 1. The molecule has 0 aromatic heterocycles. The molecule has 4 aliphatic rings. The average molecular weight is 575 g/mol. The van der Waals surface area contributed by atoms with Crippen LogP contribution >= 0.6 is 0 Å². The smallest absolute Gasteiger partial charge is 0.255 e. The Bertz CT molecular complexity index is 1450. The van der Waals surface area contributed by atoms with Crippen LogP contribution in [-0.4, -0.2) is 112 Å². The molecule has 0 bridgehead atoms. The second-order valence-electron chi connectivity index (χ2n) is 11.1. The fraction of sp³-hybridized carbons (Fsp3) is 0.481. The van der Waals surface area contributed by atoms with E-state index in [2.05, 4.69) is 5.32 Å². The molecule has 220 valence electrons. The number of ketones is 2. The number of primary amides is 1. The number of phenolic OH excluding ortho intramolecular Hbond substituents is 1. The maximum atomic E-state index is 13.9. The SMILES string of the molecule is COc1cc(NC(=O)CN2CC(F)C2)c(O)c2c1C[C@H]1C[C@H]3[C@H](N(C)C)C(=O)C(C(N)=O)=C(O)[C@@]3(O)C(=O)C1=C2O. The normalized spacial score (nSPS) is 28.2. The number of nitrogens with zero attached hydrogens (tertiary/aromatic N) is 2. The number of aliphatic hydroxyl groups excluding tert-OH is 2. The number of fused-ring (bicyclic) bond motifs is 3. The highest BCUT2D eigenvalue weighted by Crippen LogP contribution is 2.54. The van der Waals surface area contributed by atoms with Crippen molar-refractivity contribution in [3.63, 3.8) is 0 Å². The highest BCUT2D eigenvalue weighted by Gasteiger charge is 2.64. The van der Waals surface area contributed by atoms with Crippen LogP contribution in [0.25, 0.3) is 5.76 Å². The number of phenols is 1. The summed E-state index contributed by atoms with van der Waals surface area (Å²) in [5, 5.41) is 47.7. The van der Waals surface area contributed by atoms with Crippen LogP contribution < -0.4 is 15.8 Å². The number of carbonyl (C=O) groups excluding carboxylic acids is 4. The van der Waals surface area contributed by atoms with Crippen molar-refractivity contribution in [2.45, 2.75) is 30.7 Å². The van der Waals surface area contributed by atoms with E-state index in [1.54, 1.807) is 4.90 Å². The van der Waals surface area contributed by atoms with Crippen LogP contribution in [0.5, 0.6) is 11.5 Å². The van der Waals surface area contributed by atoms with Crippen molar-refractivity contribution in [2.24, 2.45) is 17.6 Å². The fourth-order valence-electron chi connectivity index (χ4n) is 6.58. The van der Waals surface area contributed by atoms with E-state index in [1.165, 1.54) is 32.2 Å². The van der Waals surface area contributed by atoms with Gasteiger partial charge in [-0.2, -0.15) is 0 Å². The highest BCUT2D eigenvalue weighted by molar-refractivity contribution is 6.24. The summed E-state index contributed by atoms with van der Waals surface area (Å²) >= 11 is 0. The minimum Gasteiger partial charge on any atom is -0.508 e. The number of likely N-dealkylation sites (tertiary alicyclic amines) is 1. The molecule has 5 rings (SSSR count). The molecule has 13 nitrogen and oxygen atoms in total. The number of benzene rings is 1. The highest BCUT2D eigenvalue weighted by atomic mass is 19.1. The first-order valence-electron chi connectivity index (χ1n) is 13.0. The number of carbonyl (C=O) groups is 4. The Labute approximate surface area is 233 Å². The summed E-state index contributed by atoms with van der Waals surface area (Å²) < 4.78 is 18.6. The number of nitrogens with two attached hydrogens (primary N) is 1. The van der Waals surface area contributed by atoms with Gasteiger partial charge in [0.1, 0.15) is 29.0 Å². The van der Waals surface area contributed by atoms with Gasteiger partial charge in [-0.05, 0) is 32.9 Å². The van der Waals surface area contributed by atoms with Crippen LogP contribution in [0.4, 0.5) is 10.1 Å². The molecule has 2 fully saturated rings. The summed E-state index contributed by atoms with van der Waals surface area (Å²) in [5.41, 5.74) is 1.31. The molecule has 1 saturated heterocycles. The Morgan fingerprint density at radius 1 is 1.24 bits per heavy atom. The van der Waals surface area contributed by atoms with Crippen LogP contribution in [0.3, 0.4) is 0 Å². The molecule has 41 heavy (non-hydrogen) atoms. The van der Waals surface area contributed by atoms with Gasteiger partial charge < -0.3 is 36.2 Å². The van der Waals surface area contributed by atoms with E-state index >= 15 is 0 Å². The first kappa shape index (κ1) is 28.5. The standard InChI is InChI=1S/C27H31FN4O9/c1-31(2)20-13-5-10-4-12-15(41-3)6-14(30-16(33)9-32-7-11(28)8-32)21(34)18(12)22(35)17(10)24(37)27(13,40)25(38)19(23(20)36)26(29)39/h6,10-11,13,20,34-35,38,40H,4-5,7-9H2,1-3H3,(H2,29,39)(H,30,33)/t10-,13-,20-,27-/m0/s1. The number of methoxy groups -OCH3 is 1. The van der Waals surface area contributed by atoms with E-state index in [4.69, 9.17) is 10.5 Å². The number of ether oxygens (including phenoxy) is 1. The third-order valence-electron chi connectivity index (χ3n) is 8.45. The summed E-state index contributed by atoms with van der Waals surface area (Å²) in [4.78, 5) is 54.7. The summed E-state index contributed by atoms with van der Waals surface area (Å²) in [6, 6.07) is 0.166. The monoisotopic (exact) mass is 574 g/mol. The first-order valence-corrected chi connectivity index (χ1v) is 13.0. The van der Waals surface area contributed by atoms with Crippen molar-refractivity contribution in [3.8, 4) is 11.5 Å². The maximum Gasteiger partial charge on any atom is 0.255 e. The number of likely N-dealkylation sites (N-methyl/N-ethyl adjacent to an activating group) is 1. The number of anilines is 1. The van der Waals surface area contributed by atoms with Crippen LogP contribution in [0.1, 0.15) is 17.5 Å². The number of Topliss-reactive ketones (excluding diaryl/α,β-unsaturated/α-hetero) is 2. The second kappa shape index (κ2) is 9.82. The van der Waals surface area contributed by atoms with E-state index in [0.717, 1.165) is 0 Å². The van der Waals surface area contributed by atoms with Crippen molar-refractivity contribution in [3.05, 3.63) is 34.1 Å². The van der Waals surface area contributed by atoms with Gasteiger partial charge in [0.25, 0.3) is 5.91 Å². The van der Waals surface area contributed by atoms with Crippen LogP contribution in [0, 0.1) is 11.8 Å². The Kier molecular flexibility index (Phi) is 6.83. The van der Waals surface area contributed by atoms with Crippen molar-refractivity contribution in [1.29, 1.82) is 0 Å². The Balaban J connectivity index is 1.61. The van der Waals surface area contributed by atoms with Crippen LogP contribution in [0.2, 0.25) is 0 Å². The Hall–Kier alpha value is -4.01. The van der Waals surface area contributed by atoms with Gasteiger partial charge in [-0.15, -0.1) is 0 Å². The molecule has 0 spiro atoms. The molecule has 1 saturated carbocycles. The lowest BCUT2D eigenvalue weighted by Crippen LogP contribution is -2.65. The van der Waals surface area contributed by atoms with E-state index in [1.807, 2.05) is 0 Å². The van der Waals surface area contributed by atoms with E-state index in [9.17, 15) is 44.0 Å². The number of hydrogen-bond acceptors (Lipinski definition) is 11. The molecule has 0 unspecified atom stereocenters. The molecular formula is C27H31FN4O9. The zero-order chi connectivity index (χ0) is 30.1. The number of nitrogens with one attached hydrogen (secondary N) is 1. The zero-order valence-electron chi connectivity index (χ0n) is 22.6. The predicted octanol–water partition coefficient (Wildman–Crippen LogP) is -0.435.